The number of hydrogen-bond donors (Lipinski definition) is 0. The Kier molecular flexibility index (Phi) is 6.30. The highest BCUT2D eigenvalue weighted by atomic mass is 32.2. The molecule has 2 aliphatic rings. The van der Waals surface area contributed by atoms with E-state index >= 15 is 0 Å². The first-order valence-electron chi connectivity index (χ1n) is 10.2. The van der Waals surface area contributed by atoms with Crippen LogP contribution in [-0.2, 0) is 19.1 Å². The summed E-state index contributed by atoms with van der Waals surface area (Å²) in [6.45, 7) is 7.86. The topological polar surface area (TPSA) is 63.7 Å². The molecular weight excluding hydrogens is 374 g/mol. The molecule has 2 aliphatic carbocycles. The quantitative estimate of drug-likeness (QED) is 0.647. The summed E-state index contributed by atoms with van der Waals surface area (Å²) in [6.07, 6.45) is 3.52. The fourth-order valence-corrected chi connectivity index (χ4v) is 5.26. The van der Waals surface area contributed by atoms with Crippen LogP contribution < -0.4 is 0 Å². The summed E-state index contributed by atoms with van der Waals surface area (Å²) in [4.78, 5) is 15.2. The molecule has 5 nitrogen and oxygen atoms in total. The van der Waals surface area contributed by atoms with E-state index in [4.69, 9.17) is 4.18 Å². The van der Waals surface area contributed by atoms with Gasteiger partial charge in [-0.25, -0.2) is 0 Å². The average Bonchev–Trinajstić information content (AvgIpc) is 2.95. The van der Waals surface area contributed by atoms with Crippen molar-refractivity contribution in [1.82, 2.24) is 4.90 Å². The molecule has 0 bridgehead atoms. The molecular formula is C22H31NO4S. The minimum Gasteiger partial charge on any atom is -0.343 e. The largest absolute Gasteiger partial charge is 0.343 e. The Balaban J connectivity index is 1.98. The van der Waals surface area contributed by atoms with E-state index in [9.17, 15) is 13.2 Å². The molecule has 0 fully saturated rings. The van der Waals surface area contributed by atoms with E-state index in [1.807, 2.05) is 30.9 Å². The number of carbonyl (C=O) groups excluding carboxylic acids is 1. The van der Waals surface area contributed by atoms with Crippen molar-refractivity contribution in [2.24, 2.45) is 11.8 Å². The Morgan fingerprint density at radius 1 is 1.21 bits per heavy atom. The predicted octanol–water partition coefficient (Wildman–Crippen LogP) is 3.82. The molecule has 0 aliphatic heterocycles. The second-order valence-corrected chi connectivity index (χ2v) is 9.65. The molecule has 0 aromatic heterocycles. The lowest BCUT2D eigenvalue weighted by Gasteiger charge is -2.33. The summed E-state index contributed by atoms with van der Waals surface area (Å²) in [5, 5.41) is 0. The summed E-state index contributed by atoms with van der Waals surface area (Å²) in [7, 11) is -3.45. The van der Waals surface area contributed by atoms with Gasteiger partial charge in [-0.3, -0.25) is 8.98 Å². The smallest absolute Gasteiger partial charge is 0.264 e. The highest BCUT2D eigenvalue weighted by Gasteiger charge is 2.42. The van der Waals surface area contributed by atoms with Gasteiger partial charge in [-0.2, -0.15) is 8.42 Å². The summed E-state index contributed by atoms with van der Waals surface area (Å²) in [5.41, 5.74) is 4.87. The molecule has 0 saturated carbocycles. The van der Waals surface area contributed by atoms with Crippen molar-refractivity contribution in [3.63, 3.8) is 0 Å². The van der Waals surface area contributed by atoms with Gasteiger partial charge in [0.2, 0.25) is 5.91 Å². The van der Waals surface area contributed by atoms with E-state index in [0.717, 1.165) is 32.2 Å². The Labute approximate surface area is 168 Å². The lowest BCUT2D eigenvalue weighted by molar-refractivity contribution is -0.133. The number of nitrogens with zero attached hydrogens (tertiary/aromatic N) is 1. The maximum atomic E-state index is 13.3. The van der Waals surface area contributed by atoms with Crippen molar-refractivity contribution in [1.29, 1.82) is 0 Å². The van der Waals surface area contributed by atoms with Crippen LogP contribution in [0.2, 0.25) is 0 Å². The lowest BCUT2D eigenvalue weighted by Crippen LogP contribution is -2.38. The number of amides is 1. The number of carbonyl (C=O) groups is 1. The van der Waals surface area contributed by atoms with Gasteiger partial charge in [0.1, 0.15) is 0 Å². The SMILES string of the molecule is CCN(CC)C(=O)C1CC(C)CC2=C1c1ccccc1C2CCOS(C)(=O)=O. The van der Waals surface area contributed by atoms with E-state index < -0.39 is 10.1 Å². The maximum absolute atomic E-state index is 13.3. The Bertz CT molecular complexity index is 870. The van der Waals surface area contributed by atoms with Crippen LogP contribution in [0.1, 0.15) is 57.1 Å². The number of benzene rings is 1. The predicted molar refractivity (Wildman–Crippen MR) is 111 cm³/mol. The zero-order valence-corrected chi connectivity index (χ0v) is 18.1. The van der Waals surface area contributed by atoms with Crippen molar-refractivity contribution < 1.29 is 17.4 Å². The van der Waals surface area contributed by atoms with Gasteiger partial charge in [-0.15, -0.1) is 0 Å². The number of allylic oxidation sites excluding steroid dienone is 1. The van der Waals surface area contributed by atoms with Crippen LogP contribution in [0.5, 0.6) is 0 Å². The molecule has 3 rings (SSSR count). The van der Waals surface area contributed by atoms with Gasteiger partial charge in [-0.1, -0.05) is 36.8 Å². The van der Waals surface area contributed by atoms with Crippen molar-refractivity contribution in [2.75, 3.05) is 26.0 Å². The average molecular weight is 406 g/mol. The highest BCUT2D eigenvalue weighted by Crippen LogP contribution is 2.53. The standard InChI is InChI=1S/C22H31NO4S/c1-5-23(6-2)22(24)20-14-15(3)13-19-17(11-12-27-28(4,25)26)16-9-7-8-10-18(16)21(19)20/h7-10,15,17,20H,5-6,11-14H2,1-4H3. The van der Waals surface area contributed by atoms with Crippen LogP contribution in [0, 0.1) is 11.8 Å². The Morgan fingerprint density at radius 3 is 2.54 bits per heavy atom. The third-order valence-electron chi connectivity index (χ3n) is 6.03. The zero-order valence-electron chi connectivity index (χ0n) is 17.3. The van der Waals surface area contributed by atoms with E-state index in [1.54, 1.807) is 0 Å². The molecule has 0 saturated heterocycles. The molecule has 6 heteroatoms. The summed E-state index contributed by atoms with van der Waals surface area (Å²) in [5.74, 6) is 0.658. The van der Waals surface area contributed by atoms with Crippen LogP contribution in [0.25, 0.3) is 5.57 Å². The third-order valence-corrected chi connectivity index (χ3v) is 6.62. The molecule has 1 amide bonds. The first-order chi connectivity index (χ1) is 13.3. The van der Waals surface area contributed by atoms with Gasteiger partial charge < -0.3 is 4.90 Å². The fraction of sp³-hybridized carbons (Fsp3) is 0.591. The number of fused-ring (bicyclic) bond motifs is 2. The summed E-state index contributed by atoms with van der Waals surface area (Å²) in [6, 6.07) is 8.27. The van der Waals surface area contributed by atoms with Crippen molar-refractivity contribution in [3.05, 3.63) is 41.0 Å². The van der Waals surface area contributed by atoms with E-state index in [1.165, 1.54) is 22.3 Å². The van der Waals surface area contributed by atoms with E-state index in [2.05, 4.69) is 19.1 Å². The van der Waals surface area contributed by atoms with Crippen molar-refractivity contribution in [2.45, 2.75) is 46.0 Å². The second kappa shape index (κ2) is 8.37. The number of hydrogen-bond acceptors (Lipinski definition) is 4. The maximum Gasteiger partial charge on any atom is 0.264 e. The van der Waals surface area contributed by atoms with Crippen molar-refractivity contribution in [3.8, 4) is 0 Å². The highest BCUT2D eigenvalue weighted by molar-refractivity contribution is 7.85. The number of rotatable bonds is 7. The van der Waals surface area contributed by atoms with Crippen LogP contribution in [0.3, 0.4) is 0 Å². The minimum atomic E-state index is -3.45. The fourth-order valence-electron chi connectivity index (χ4n) is 4.86. The van der Waals surface area contributed by atoms with Gasteiger partial charge in [-0.05, 0) is 55.7 Å². The van der Waals surface area contributed by atoms with Crippen LogP contribution in [0.15, 0.2) is 29.8 Å². The van der Waals surface area contributed by atoms with Crippen molar-refractivity contribution >= 4 is 21.6 Å². The Hall–Kier alpha value is -1.66. The van der Waals surface area contributed by atoms with Crippen LogP contribution >= 0.6 is 0 Å². The van der Waals surface area contributed by atoms with Gasteiger partial charge in [0.25, 0.3) is 10.1 Å². The van der Waals surface area contributed by atoms with E-state index in [0.29, 0.717) is 12.3 Å². The van der Waals surface area contributed by atoms with Gasteiger partial charge >= 0.3 is 0 Å². The molecule has 3 atom stereocenters. The van der Waals surface area contributed by atoms with Crippen LogP contribution in [-0.4, -0.2) is 45.2 Å². The normalized spacial score (nSPS) is 24.1. The monoisotopic (exact) mass is 405 g/mol. The van der Waals surface area contributed by atoms with E-state index in [-0.39, 0.29) is 24.3 Å². The summed E-state index contributed by atoms with van der Waals surface area (Å²) >= 11 is 0. The molecule has 154 valence electrons. The second-order valence-electron chi connectivity index (χ2n) is 8.00. The molecule has 0 heterocycles. The molecule has 3 unspecified atom stereocenters. The zero-order chi connectivity index (χ0) is 20.5. The first kappa shape index (κ1) is 21.1. The lowest BCUT2D eigenvalue weighted by atomic mass is 9.75. The first-order valence-corrected chi connectivity index (χ1v) is 12.0. The molecule has 0 radical (unpaired) electrons. The molecule has 1 aromatic carbocycles. The van der Waals surface area contributed by atoms with Gasteiger partial charge in [0, 0.05) is 19.0 Å². The van der Waals surface area contributed by atoms with Crippen LogP contribution in [0.4, 0.5) is 0 Å². The Morgan fingerprint density at radius 2 is 1.89 bits per heavy atom. The molecule has 28 heavy (non-hydrogen) atoms. The minimum absolute atomic E-state index is 0.111. The summed E-state index contributed by atoms with van der Waals surface area (Å²) < 4.78 is 27.8. The third kappa shape index (κ3) is 4.18. The molecule has 1 aromatic rings. The molecule has 0 N–H and O–H groups in total. The van der Waals surface area contributed by atoms with Gasteiger partial charge in [0.15, 0.2) is 0 Å². The molecule has 0 spiro atoms. The van der Waals surface area contributed by atoms with Gasteiger partial charge in [0.05, 0.1) is 18.8 Å².